The van der Waals surface area contributed by atoms with Crippen molar-refractivity contribution in [2.45, 2.75) is 94.7 Å². The second-order valence-electron chi connectivity index (χ2n) is 11.0. The molecule has 0 aromatic heterocycles. The number of carbonyl (C=O) groups excluding carboxylic acids is 2. The third kappa shape index (κ3) is 2.06. The average molecular weight is 433 g/mol. The Morgan fingerprint density at radius 3 is 2.67 bits per heavy atom. The van der Waals surface area contributed by atoms with E-state index in [0.717, 1.165) is 38.5 Å². The molecule has 0 radical (unpaired) electrons. The summed E-state index contributed by atoms with van der Waals surface area (Å²) in [6, 6.07) is 0. The Bertz CT molecular complexity index is 911. The van der Waals surface area contributed by atoms with Gasteiger partial charge in [-0.1, -0.05) is 26.3 Å². The van der Waals surface area contributed by atoms with Gasteiger partial charge in [0.2, 0.25) is 0 Å². The van der Waals surface area contributed by atoms with Crippen LogP contribution in [0.4, 0.5) is 0 Å². The van der Waals surface area contributed by atoms with Gasteiger partial charge >= 0.3 is 5.97 Å². The summed E-state index contributed by atoms with van der Waals surface area (Å²) >= 11 is 0. The van der Waals surface area contributed by atoms with Crippen molar-refractivity contribution in [1.29, 1.82) is 0 Å². The zero-order chi connectivity index (χ0) is 21.1. The third-order valence-corrected chi connectivity index (χ3v) is 12.0. The van der Waals surface area contributed by atoms with Gasteiger partial charge in [-0.15, -0.1) is 0 Å². The van der Waals surface area contributed by atoms with Gasteiger partial charge in [-0.05, 0) is 50.5 Å². The highest BCUT2D eigenvalue weighted by Gasteiger charge is 2.83. The summed E-state index contributed by atoms with van der Waals surface area (Å²) in [5.41, 5.74) is 0.241. The van der Waals surface area contributed by atoms with Gasteiger partial charge in [-0.3, -0.25) is 13.8 Å². The molecular weight excluding hydrogens is 400 g/mol. The van der Waals surface area contributed by atoms with Crippen LogP contribution in [0.2, 0.25) is 0 Å². The summed E-state index contributed by atoms with van der Waals surface area (Å²) in [6.07, 6.45) is 8.28. The van der Waals surface area contributed by atoms with Crippen molar-refractivity contribution in [3.8, 4) is 0 Å². The van der Waals surface area contributed by atoms with E-state index >= 15 is 0 Å². The predicted octanol–water partition coefficient (Wildman–Crippen LogP) is 3.47. The average Bonchev–Trinajstić information content (AvgIpc) is 3.20. The van der Waals surface area contributed by atoms with Gasteiger partial charge < -0.3 is 9.47 Å². The molecule has 2 aliphatic heterocycles. The van der Waals surface area contributed by atoms with Crippen molar-refractivity contribution in [2.75, 3.05) is 5.75 Å². The first-order chi connectivity index (χ1) is 14.2. The minimum atomic E-state index is -0.963. The van der Waals surface area contributed by atoms with E-state index in [1.165, 1.54) is 5.57 Å². The van der Waals surface area contributed by atoms with Gasteiger partial charge in [0.1, 0.15) is 11.2 Å². The molecule has 0 aromatic rings. The number of hydrogen-bond acceptors (Lipinski definition) is 5. The molecule has 2 spiro atoms. The fourth-order valence-corrected chi connectivity index (χ4v) is 10.2. The van der Waals surface area contributed by atoms with Gasteiger partial charge in [-0.25, -0.2) is 0 Å². The molecule has 164 valence electrons. The van der Waals surface area contributed by atoms with Crippen LogP contribution in [-0.4, -0.2) is 44.3 Å². The highest BCUT2D eigenvalue weighted by atomic mass is 32.2. The molecule has 5 nitrogen and oxygen atoms in total. The molecular formula is C24H32O5S. The quantitative estimate of drug-likeness (QED) is 0.493. The van der Waals surface area contributed by atoms with Crippen LogP contribution in [0.15, 0.2) is 11.6 Å². The minimum Gasteiger partial charge on any atom is -0.458 e. The lowest BCUT2D eigenvalue weighted by Crippen LogP contribution is -2.64. The zero-order valence-corrected chi connectivity index (χ0v) is 19.0. The van der Waals surface area contributed by atoms with E-state index < -0.39 is 10.8 Å². The Hall–Kier alpha value is -1.01. The maximum absolute atomic E-state index is 13.4. The molecule has 3 saturated carbocycles. The normalized spacial score (nSPS) is 54.6. The zero-order valence-electron chi connectivity index (χ0n) is 18.2. The van der Waals surface area contributed by atoms with Crippen molar-refractivity contribution in [2.24, 2.45) is 22.7 Å². The van der Waals surface area contributed by atoms with E-state index in [-0.39, 0.29) is 51.1 Å². The molecule has 2 saturated heterocycles. The molecule has 6 aliphatic rings. The lowest BCUT2D eigenvalue weighted by atomic mass is 9.46. The van der Waals surface area contributed by atoms with E-state index in [4.69, 9.17) is 9.47 Å². The summed E-state index contributed by atoms with van der Waals surface area (Å²) in [5, 5.41) is 0.0158. The Kier molecular flexibility index (Phi) is 3.84. The van der Waals surface area contributed by atoms with Crippen LogP contribution >= 0.6 is 0 Å². The highest BCUT2D eigenvalue weighted by molar-refractivity contribution is 7.85. The fraction of sp³-hybridized carbons (Fsp3) is 0.833. The maximum atomic E-state index is 13.4. The summed E-state index contributed by atoms with van der Waals surface area (Å²) < 4.78 is 26.1. The number of epoxide rings is 1. The number of carbonyl (C=O) groups is 2. The molecule has 0 N–H and O–H groups in total. The monoisotopic (exact) mass is 432 g/mol. The summed E-state index contributed by atoms with van der Waals surface area (Å²) in [7, 11) is -0.963. The molecule has 30 heavy (non-hydrogen) atoms. The van der Waals surface area contributed by atoms with Gasteiger partial charge in [0.15, 0.2) is 5.78 Å². The fourth-order valence-electron chi connectivity index (χ4n) is 8.71. The molecule has 4 aliphatic carbocycles. The largest absolute Gasteiger partial charge is 0.458 e. The number of hydrogen-bond donors (Lipinski definition) is 0. The maximum Gasteiger partial charge on any atom is 0.306 e. The van der Waals surface area contributed by atoms with Crippen molar-refractivity contribution >= 4 is 22.6 Å². The summed E-state index contributed by atoms with van der Waals surface area (Å²) in [6.45, 7) is 6.62. The van der Waals surface area contributed by atoms with Crippen LogP contribution in [0, 0.1) is 22.7 Å². The second-order valence-corrected chi connectivity index (χ2v) is 13.0. The van der Waals surface area contributed by atoms with Gasteiger partial charge in [0, 0.05) is 51.4 Å². The van der Waals surface area contributed by atoms with E-state index in [0.29, 0.717) is 24.5 Å². The molecule has 2 heterocycles. The lowest BCUT2D eigenvalue weighted by molar-refractivity contribution is -0.164. The van der Waals surface area contributed by atoms with Gasteiger partial charge in [0.05, 0.1) is 6.10 Å². The Morgan fingerprint density at radius 2 is 1.97 bits per heavy atom. The van der Waals surface area contributed by atoms with Crippen molar-refractivity contribution < 1.29 is 23.3 Å². The smallest absolute Gasteiger partial charge is 0.306 e. The number of esters is 1. The van der Waals surface area contributed by atoms with Gasteiger partial charge in [-0.2, -0.15) is 0 Å². The number of ether oxygens (including phenoxy) is 2. The standard InChI is InChI=1S/C24H32O5S/c1-4-30(27)17-12-14-11-15(25)5-8-21(14,2)24-18(28-24)13-22(3)16(20(17)24)6-9-23(22)10-7-19(26)29-23/h11,16-18,20H,4-10,12-13H2,1-3H3/t16?,17-,18-,20?,21?,22?,23-,24-,30?/m1/s1. The predicted molar refractivity (Wildman–Crippen MR) is 112 cm³/mol. The lowest BCUT2D eigenvalue weighted by Gasteiger charge is -2.58. The second kappa shape index (κ2) is 5.86. The topological polar surface area (TPSA) is 73.0 Å². The number of rotatable bonds is 2. The van der Waals surface area contributed by atoms with E-state index in [9.17, 15) is 13.8 Å². The van der Waals surface area contributed by atoms with Crippen LogP contribution in [0.5, 0.6) is 0 Å². The molecule has 0 bridgehead atoms. The first kappa shape index (κ1) is 19.7. The number of fused-ring (bicyclic) bond motifs is 4. The van der Waals surface area contributed by atoms with Crippen LogP contribution in [0.25, 0.3) is 0 Å². The molecule has 0 amide bonds. The SMILES string of the molecule is CCS(=O)[C@@H]1CC2=CC(=O)CCC2(C)[C@@]23O[C@@H]2CC2(C)C(CC[C@@]24CCC(=O)O4)C13. The van der Waals surface area contributed by atoms with E-state index in [2.05, 4.69) is 13.8 Å². The van der Waals surface area contributed by atoms with Crippen LogP contribution in [-0.2, 0) is 29.9 Å². The first-order valence-corrected chi connectivity index (χ1v) is 13.1. The Balaban J connectivity index is 1.49. The van der Waals surface area contributed by atoms with E-state index in [1.807, 2.05) is 13.0 Å². The molecule has 9 atom stereocenters. The molecule has 6 rings (SSSR count). The Labute approximate surface area is 180 Å². The highest BCUT2D eigenvalue weighted by Crippen LogP contribution is 2.77. The van der Waals surface area contributed by atoms with Crippen molar-refractivity contribution in [3.63, 3.8) is 0 Å². The summed E-state index contributed by atoms with van der Waals surface area (Å²) in [5.74, 6) is 1.32. The van der Waals surface area contributed by atoms with Crippen molar-refractivity contribution in [1.82, 2.24) is 0 Å². The first-order valence-electron chi connectivity index (χ1n) is 11.7. The third-order valence-electron chi connectivity index (χ3n) is 10.3. The Morgan fingerprint density at radius 1 is 1.17 bits per heavy atom. The minimum absolute atomic E-state index is 0.0158. The van der Waals surface area contributed by atoms with Crippen LogP contribution in [0.1, 0.15) is 72.1 Å². The van der Waals surface area contributed by atoms with Crippen LogP contribution < -0.4 is 0 Å². The van der Waals surface area contributed by atoms with Gasteiger partial charge in [0.25, 0.3) is 0 Å². The molecule has 0 aromatic carbocycles. The summed E-state index contributed by atoms with van der Waals surface area (Å²) in [4.78, 5) is 24.4. The number of ketones is 1. The van der Waals surface area contributed by atoms with E-state index in [1.54, 1.807) is 0 Å². The molecule has 6 heteroatoms. The molecule has 5 fully saturated rings. The van der Waals surface area contributed by atoms with Crippen LogP contribution in [0.3, 0.4) is 0 Å². The molecule has 5 unspecified atom stereocenters. The van der Waals surface area contributed by atoms with Crippen molar-refractivity contribution in [3.05, 3.63) is 11.6 Å².